The van der Waals surface area contributed by atoms with E-state index >= 15 is 0 Å². The largest absolute Gasteiger partial charge is 0.497 e. The van der Waals surface area contributed by atoms with Crippen LogP contribution in [0.25, 0.3) is 0 Å². The Morgan fingerprint density at radius 3 is 3.14 bits per heavy atom. The van der Waals surface area contributed by atoms with Crippen molar-refractivity contribution in [3.05, 3.63) is 29.8 Å². The van der Waals surface area contributed by atoms with Crippen LogP contribution in [0.4, 0.5) is 0 Å². The SMILES string of the molecule is COc1cccc(C(=O)NCCCOCC2CCCO2)c1. The van der Waals surface area contributed by atoms with Crippen molar-refractivity contribution in [3.63, 3.8) is 0 Å². The summed E-state index contributed by atoms with van der Waals surface area (Å²) >= 11 is 0. The highest BCUT2D eigenvalue weighted by Crippen LogP contribution is 2.13. The zero-order valence-electron chi connectivity index (χ0n) is 12.5. The lowest BCUT2D eigenvalue weighted by atomic mass is 10.2. The van der Waals surface area contributed by atoms with Gasteiger partial charge in [-0.1, -0.05) is 6.07 Å². The van der Waals surface area contributed by atoms with Crippen molar-refractivity contribution in [2.45, 2.75) is 25.4 Å². The van der Waals surface area contributed by atoms with E-state index in [9.17, 15) is 4.79 Å². The third-order valence-corrected chi connectivity index (χ3v) is 3.41. The van der Waals surface area contributed by atoms with Gasteiger partial charge in [-0.15, -0.1) is 0 Å². The molecule has 1 N–H and O–H groups in total. The minimum absolute atomic E-state index is 0.0898. The summed E-state index contributed by atoms with van der Waals surface area (Å²) in [5, 5.41) is 2.87. The lowest BCUT2D eigenvalue weighted by molar-refractivity contribution is 0.0166. The molecule has 1 aromatic carbocycles. The van der Waals surface area contributed by atoms with Gasteiger partial charge in [-0.2, -0.15) is 0 Å². The molecule has 0 saturated carbocycles. The number of methoxy groups -OCH3 is 1. The predicted octanol–water partition coefficient (Wildman–Crippen LogP) is 2.01. The molecule has 0 aromatic heterocycles. The number of benzene rings is 1. The Morgan fingerprint density at radius 2 is 2.38 bits per heavy atom. The first-order valence-electron chi connectivity index (χ1n) is 7.41. The van der Waals surface area contributed by atoms with Gasteiger partial charge in [0.1, 0.15) is 5.75 Å². The van der Waals surface area contributed by atoms with Crippen LogP contribution in [0.2, 0.25) is 0 Å². The van der Waals surface area contributed by atoms with Crippen LogP contribution in [0.15, 0.2) is 24.3 Å². The first-order chi connectivity index (χ1) is 10.3. The maximum atomic E-state index is 11.9. The molecule has 1 aromatic rings. The molecule has 5 heteroatoms. The zero-order valence-corrected chi connectivity index (χ0v) is 12.5. The molecule has 1 fully saturated rings. The third kappa shape index (κ3) is 5.36. The van der Waals surface area contributed by atoms with Crippen LogP contribution < -0.4 is 10.1 Å². The van der Waals surface area contributed by atoms with E-state index < -0.39 is 0 Å². The average Bonchev–Trinajstić information content (AvgIpc) is 3.04. The molecule has 1 amide bonds. The molecule has 2 rings (SSSR count). The number of rotatable bonds is 8. The number of ether oxygens (including phenoxy) is 3. The van der Waals surface area contributed by atoms with Gasteiger partial charge in [-0.25, -0.2) is 0 Å². The van der Waals surface area contributed by atoms with Crippen molar-refractivity contribution in [1.82, 2.24) is 5.32 Å². The van der Waals surface area contributed by atoms with Gasteiger partial charge >= 0.3 is 0 Å². The van der Waals surface area contributed by atoms with Crippen LogP contribution in [0.3, 0.4) is 0 Å². The monoisotopic (exact) mass is 293 g/mol. The van der Waals surface area contributed by atoms with Gasteiger partial charge in [-0.3, -0.25) is 4.79 Å². The molecule has 1 saturated heterocycles. The summed E-state index contributed by atoms with van der Waals surface area (Å²) in [4.78, 5) is 11.9. The summed E-state index contributed by atoms with van der Waals surface area (Å²) in [6.45, 7) is 2.74. The third-order valence-electron chi connectivity index (χ3n) is 3.41. The van der Waals surface area contributed by atoms with Crippen LogP contribution >= 0.6 is 0 Å². The Bertz CT molecular complexity index is 444. The minimum atomic E-state index is -0.0898. The zero-order chi connectivity index (χ0) is 14.9. The Kier molecular flexibility index (Phi) is 6.50. The molecule has 0 aliphatic carbocycles. The van der Waals surface area contributed by atoms with Gasteiger partial charge in [0.15, 0.2) is 0 Å². The quantitative estimate of drug-likeness (QED) is 0.745. The second-order valence-corrected chi connectivity index (χ2v) is 5.05. The Labute approximate surface area is 125 Å². The van der Waals surface area contributed by atoms with E-state index in [1.807, 2.05) is 6.07 Å². The molecule has 5 nitrogen and oxygen atoms in total. The maximum Gasteiger partial charge on any atom is 0.251 e. The molecule has 0 bridgehead atoms. The smallest absolute Gasteiger partial charge is 0.251 e. The summed E-state index contributed by atoms with van der Waals surface area (Å²) in [5.41, 5.74) is 0.606. The van der Waals surface area contributed by atoms with E-state index in [2.05, 4.69) is 5.32 Å². The fourth-order valence-corrected chi connectivity index (χ4v) is 2.23. The van der Waals surface area contributed by atoms with Gasteiger partial charge in [-0.05, 0) is 37.5 Å². The fraction of sp³-hybridized carbons (Fsp3) is 0.562. The van der Waals surface area contributed by atoms with Crippen molar-refractivity contribution >= 4 is 5.91 Å². The molecule has 1 atom stereocenters. The predicted molar refractivity (Wildman–Crippen MR) is 79.7 cm³/mol. The van der Waals surface area contributed by atoms with Crippen LogP contribution in [0.5, 0.6) is 5.75 Å². The molecule has 0 spiro atoms. The van der Waals surface area contributed by atoms with Crippen LogP contribution in [0.1, 0.15) is 29.6 Å². The molecule has 1 aliphatic rings. The van der Waals surface area contributed by atoms with Crippen molar-refractivity contribution in [1.29, 1.82) is 0 Å². The Hall–Kier alpha value is -1.59. The molecular weight excluding hydrogens is 270 g/mol. The van der Waals surface area contributed by atoms with E-state index in [0.29, 0.717) is 31.1 Å². The van der Waals surface area contributed by atoms with E-state index in [-0.39, 0.29) is 12.0 Å². The number of hydrogen-bond donors (Lipinski definition) is 1. The standard InChI is InChI=1S/C16H23NO4/c1-19-14-6-2-5-13(11-14)16(18)17-8-4-9-20-12-15-7-3-10-21-15/h2,5-6,11,15H,3-4,7-10,12H2,1H3,(H,17,18). The highest BCUT2D eigenvalue weighted by molar-refractivity contribution is 5.94. The van der Waals surface area contributed by atoms with Crippen molar-refractivity contribution in [2.75, 3.05) is 33.5 Å². The number of carbonyl (C=O) groups is 1. The van der Waals surface area contributed by atoms with E-state index in [0.717, 1.165) is 25.9 Å². The molecule has 0 radical (unpaired) electrons. The van der Waals surface area contributed by atoms with Crippen molar-refractivity contribution < 1.29 is 19.0 Å². The van der Waals surface area contributed by atoms with E-state index in [1.54, 1.807) is 25.3 Å². The number of carbonyl (C=O) groups excluding carboxylic acids is 1. The number of hydrogen-bond acceptors (Lipinski definition) is 4. The molecule has 1 aliphatic heterocycles. The van der Waals surface area contributed by atoms with Gasteiger partial charge in [0, 0.05) is 25.3 Å². The molecule has 116 valence electrons. The van der Waals surface area contributed by atoms with Gasteiger partial charge in [0.25, 0.3) is 5.91 Å². The summed E-state index contributed by atoms with van der Waals surface area (Å²) in [7, 11) is 1.59. The first kappa shape index (κ1) is 15.8. The molecular formula is C16H23NO4. The summed E-state index contributed by atoms with van der Waals surface area (Å²) in [6.07, 6.45) is 3.27. The molecule has 21 heavy (non-hydrogen) atoms. The normalized spacial score (nSPS) is 17.7. The van der Waals surface area contributed by atoms with Crippen molar-refractivity contribution in [3.8, 4) is 5.75 Å². The van der Waals surface area contributed by atoms with Gasteiger partial charge < -0.3 is 19.5 Å². The molecule has 1 unspecified atom stereocenters. The first-order valence-corrected chi connectivity index (χ1v) is 7.41. The summed E-state index contributed by atoms with van der Waals surface area (Å²) in [5.74, 6) is 0.593. The summed E-state index contributed by atoms with van der Waals surface area (Å²) < 4.78 is 16.1. The highest BCUT2D eigenvalue weighted by Gasteiger charge is 2.14. The van der Waals surface area contributed by atoms with Crippen molar-refractivity contribution in [2.24, 2.45) is 0 Å². The topological polar surface area (TPSA) is 56.8 Å². The second kappa shape index (κ2) is 8.64. The fourth-order valence-electron chi connectivity index (χ4n) is 2.23. The summed E-state index contributed by atoms with van der Waals surface area (Å²) in [6, 6.07) is 7.11. The average molecular weight is 293 g/mol. The van der Waals surface area contributed by atoms with Gasteiger partial charge in [0.05, 0.1) is 19.8 Å². The Morgan fingerprint density at radius 1 is 1.48 bits per heavy atom. The van der Waals surface area contributed by atoms with Crippen LogP contribution in [0, 0.1) is 0 Å². The minimum Gasteiger partial charge on any atom is -0.497 e. The lowest BCUT2D eigenvalue weighted by Crippen LogP contribution is -2.25. The van der Waals surface area contributed by atoms with Gasteiger partial charge in [0.2, 0.25) is 0 Å². The Balaban J connectivity index is 1.58. The van der Waals surface area contributed by atoms with Crippen LogP contribution in [-0.2, 0) is 9.47 Å². The number of amides is 1. The lowest BCUT2D eigenvalue weighted by Gasteiger charge is -2.10. The van der Waals surface area contributed by atoms with E-state index in [1.165, 1.54) is 0 Å². The van der Waals surface area contributed by atoms with Crippen LogP contribution in [-0.4, -0.2) is 45.5 Å². The van der Waals surface area contributed by atoms with E-state index in [4.69, 9.17) is 14.2 Å². The maximum absolute atomic E-state index is 11.9. The second-order valence-electron chi connectivity index (χ2n) is 5.05. The highest BCUT2D eigenvalue weighted by atomic mass is 16.5. The number of nitrogens with one attached hydrogen (secondary N) is 1. The molecule has 1 heterocycles.